The summed E-state index contributed by atoms with van der Waals surface area (Å²) < 4.78 is 4.96. The third-order valence-corrected chi connectivity index (χ3v) is 2.28. The van der Waals surface area contributed by atoms with Gasteiger partial charge in [-0.2, -0.15) is 5.26 Å². The lowest BCUT2D eigenvalue weighted by atomic mass is 10.0. The molecular weight excluding hydrogens is 208 g/mol. The number of rotatable bonds is 4. The summed E-state index contributed by atoms with van der Waals surface area (Å²) in [6, 6.07) is 6.54. The first-order valence-electron chi connectivity index (χ1n) is 4.76. The first-order valence-corrected chi connectivity index (χ1v) is 4.76. The molecule has 0 bridgehead atoms. The zero-order valence-corrected chi connectivity index (χ0v) is 8.92. The van der Waals surface area contributed by atoms with Gasteiger partial charge >= 0.3 is 0 Å². The molecule has 0 fully saturated rings. The van der Waals surface area contributed by atoms with E-state index in [1.165, 1.54) is 7.11 Å². The van der Waals surface area contributed by atoms with Crippen LogP contribution in [-0.4, -0.2) is 23.4 Å². The number of anilines is 1. The molecule has 2 unspecified atom stereocenters. The van der Waals surface area contributed by atoms with E-state index >= 15 is 0 Å². The van der Waals surface area contributed by atoms with Crippen molar-refractivity contribution >= 4 is 5.69 Å². The molecule has 5 heteroatoms. The summed E-state index contributed by atoms with van der Waals surface area (Å²) in [6.45, 7) is 0. The van der Waals surface area contributed by atoms with E-state index in [0.717, 1.165) is 0 Å². The Kier molecular flexibility index (Phi) is 4.11. The van der Waals surface area contributed by atoms with Gasteiger partial charge < -0.3 is 20.7 Å². The van der Waals surface area contributed by atoms with Gasteiger partial charge in [0.15, 0.2) is 0 Å². The lowest BCUT2D eigenvalue weighted by Gasteiger charge is -2.17. The normalized spacial score (nSPS) is 13.9. The van der Waals surface area contributed by atoms with Crippen molar-refractivity contribution in [3.05, 3.63) is 23.8 Å². The van der Waals surface area contributed by atoms with Gasteiger partial charge in [0, 0.05) is 17.3 Å². The number of hydrogen-bond acceptors (Lipinski definition) is 5. The number of aliphatic hydroxyl groups excluding tert-OH is 2. The van der Waals surface area contributed by atoms with E-state index in [1.807, 2.05) is 0 Å². The van der Waals surface area contributed by atoms with E-state index in [2.05, 4.69) is 0 Å². The van der Waals surface area contributed by atoms with Crippen molar-refractivity contribution in [3.8, 4) is 11.8 Å². The van der Waals surface area contributed by atoms with E-state index < -0.39 is 12.2 Å². The number of nitriles is 1. The van der Waals surface area contributed by atoms with Gasteiger partial charge in [-0.25, -0.2) is 0 Å². The van der Waals surface area contributed by atoms with E-state index in [0.29, 0.717) is 17.0 Å². The fourth-order valence-electron chi connectivity index (χ4n) is 1.36. The van der Waals surface area contributed by atoms with Crippen molar-refractivity contribution in [2.24, 2.45) is 0 Å². The second-order valence-corrected chi connectivity index (χ2v) is 3.37. The molecule has 0 aliphatic carbocycles. The number of benzene rings is 1. The van der Waals surface area contributed by atoms with E-state index in [9.17, 15) is 10.2 Å². The van der Waals surface area contributed by atoms with Crippen molar-refractivity contribution in [2.45, 2.75) is 18.6 Å². The summed E-state index contributed by atoms with van der Waals surface area (Å²) in [4.78, 5) is 0. The van der Waals surface area contributed by atoms with Gasteiger partial charge in [-0.15, -0.1) is 0 Å². The molecule has 0 aliphatic heterocycles. The second-order valence-electron chi connectivity index (χ2n) is 3.37. The van der Waals surface area contributed by atoms with Crippen LogP contribution >= 0.6 is 0 Å². The Labute approximate surface area is 93.7 Å². The Morgan fingerprint density at radius 3 is 2.69 bits per heavy atom. The number of ether oxygens (including phenoxy) is 1. The fraction of sp³-hybridized carbons (Fsp3) is 0.364. The van der Waals surface area contributed by atoms with Crippen LogP contribution in [0, 0.1) is 11.3 Å². The molecule has 0 amide bonds. The minimum absolute atomic E-state index is 0.146. The molecule has 0 radical (unpaired) electrons. The van der Waals surface area contributed by atoms with Crippen molar-refractivity contribution in [2.75, 3.05) is 12.8 Å². The number of nitrogens with two attached hydrogens (primary N) is 1. The molecule has 0 saturated heterocycles. The Balaban J connectivity index is 2.92. The Hall–Kier alpha value is -1.77. The van der Waals surface area contributed by atoms with Crippen LogP contribution in [0.25, 0.3) is 0 Å². The predicted octanol–water partition coefficient (Wildman–Crippen LogP) is 0.585. The summed E-state index contributed by atoms with van der Waals surface area (Å²) in [7, 11) is 1.51. The molecule has 0 spiro atoms. The highest BCUT2D eigenvalue weighted by Crippen LogP contribution is 2.27. The van der Waals surface area contributed by atoms with E-state index in [1.54, 1.807) is 24.3 Å². The smallest absolute Gasteiger partial charge is 0.120 e. The lowest BCUT2D eigenvalue weighted by Crippen LogP contribution is -2.18. The molecule has 0 heterocycles. The third kappa shape index (κ3) is 2.63. The van der Waals surface area contributed by atoms with Gasteiger partial charge in [-0.1, -0.05) is 6.07 Å². The molecule has 1 aromatic carbocycles. The quantitative estimate of drug-likeness (QED) is 0.647. The van der Waals surface area contributed by atoms with Crippen molar-refractivity contribution < 1.29 is 14.9 Å². The first kappa shape index (κ1) is 12.3. The minimum atomic E-state index is -1.16. The predicted molar refractivity (Wildman–Crippen MR) is 58.6 cm³/mol. The number of nitrogen functional groups attached to an aromatic ring is 1. The summed E-state index contributed by atoms with van der Waals surface area (Å²) >= 11 is 0. The van der Waals surface area contributed by atoms with Crippen molar-refractivity contribution in [1.82, 2.24) is 0 Å². The summed E-state index contributed by atoms with van der Waals surface area (Å²) in [5, 5.41) is 27.6. The molecule has 86 valence electrons. The number of nitrogens with zero attached hydrogens (tertiary/aromatic N) is 1. The largest absolute Gasteiger partial charge is 0.497 e. The maximum absolute atomic E-state index is 9.74. The Bertz CT molecular complexity index is 401. The molecule has 4 N–H and O–H groups in total. The Morgan fingerprint density at radius 1 is 1.50 bits per heavy atom. The molecule has 2 atom stereocenters. The van der Waals surface area contributed by atoms with Crippen LogP contribution in [0.15, 0.2) is 18.2 Å². The molecule has 1 aromatic rings. The highest BCUT2D eigenvalue weighted by molar-refractivity contribution is 5.52. The summed E-state index contributed by atoms with van der Waals surface area (Å²) in [5.74, 6) is 0.572. The van der Waals surface area contributed by atoms with Gasteiger partial charge in [0.1, 0.15) is 11.9 Å². The van der Waals surface area contributed by atoms with Gasteiger partial charge in [-0.3, -0.25) is 0 Å². The van der Waals surface area contributed by atoms with Crippen LogP contribution < -0.4 is 10.5 Å². The average Bonchev–Trinajstić information content (AvgIpc) is 2.28. The minimum Gasteiger partial charge on any atom is -0.497 e. The standard InChI is InChI=1S/C11H14N2O3/c1-16-7-2-3-8(9(13)6-7)11(15)10(14)4-5-12/h2-3,6,10-11,14-15H,4,13H2,1H3. The molecule has 0 aliphatic rings. The highest BCUT2D eigenvalue weighted by Gasteiger charge is 2.20. The molecule has 16 heavy (non-hydrogen) atoms. The van der Waals surface area contributed by atoms with Crippen molar-refractivity contribution in [1.29, 1.82) is 5.26 Å². The van der Waals surface area contributed by atoms with Gasteiger partial charge in [-0.05, 0) is 6.07 Å². The van der Waals surface area contributed by atoms with Gasteiger partial charge in [0.25, 0.3) is 0 Å². The maximum Gasteiger partial charge on any atom is 0.120 e. The lowest BCUT2D eigenvalue weighted by molar-refractivity contribution is 0.0220. The average molecular weight is 222 g/mol. The summed E-state index contributed by atoms with van der Waals surface area (Å²) in [6.07, 6.45) is -2.45. The number of aliphatic hydroxyl groups is 2. The third-order valence-electron chi connectivity index (χ3n) is 2.28. The summed E-state index contributed by atoms with van der Waals surface area (Å²) in [5.41, 5.74) is 6.41. The topological polar surface area (TPSA) is 99.5 Å². The van der Waals surface area contributed by atoms with Gasteiger partial charge in [0.2, 0.25) is 0 Å². The van der Waals surface area contributed by atoms with Crippen LogP contribution in [0.2, 0.25) is 0 Å². The van der Waals surface area contributed by atoms with Gasteiger partial charge in [0.05, 0.1) is 25.7 Å². The number of methoxy groups -OCH3 is 1. The zero-order valence-electron chi connectivity index (χ0n) is 8.92. The molecule has 5 nitrogen and oxygen atoms in total. The highest BCUT2D eigenvalue weighted by atomic mass is 16.5. The van der Waals surface area contributed by atoms with Crippen LogP contribution in [-0.2, 0) is 0 Å². The molecular formula is C11H14N2O3. The Morgan fingerprint density at radius 2 is 2.19 bits per heavy atom. The number of hydrogen-bond donors (Lipinski definition) is 3. The van der Waals surface area contributed by atoms with Crippen molar-refractivity contribution in [3.63, 3.8) is 0 Å². The molecule has 1 rings (SSSR count). The van der Waals surface area contributed by atoms with E-state index in [-0.39, 0.29) is 6.42 Å². The molecule has 0 aromatic heterocycles. The SMILES string of the molecule is COc1ccc(C(O)C(O)CC#N)c(N)c1. The van der Waals surface area contributed by atoms with E-state index in [4.69, 9.17) is 15.7 Å². The van der Waals surface area contributed by atoms with Crippen LogP contribution in [0.1, 0.15) is 18.1 Å². The monoisotopic (exact) mass is 222 g/mol. The molecule has 0 saturated carbocycles. The van der Waals surface area contributed by atoms with Crippen LogP contribution in [0.5, 0.6) is 5.75 Å². The first-order chi connectivity index (χ1) is 7.60. The van der Waals surface area contributed by atoms with Crippen LogP contribution in [0.3, 0.4) is 0 Å². The fourth-order valence-corrected chi connectivity index (χ4v) is 1.36. The zero-order chi connectivity index (χ0) is 12.1. The second kappa shape index (κ2) is 5.35. The maximum atomic E-state index is 9.74. The van der Waals surface area contributed by atoms with Crippen LogP contribution in [0.4, 0.5) is 5.69 Å².